The maximum atomic E-state index is 6.04. The van der Waals surface area contributed by atoms with Crippen LogP contribution in [-0.4, -0.2) is 40.2 Å². The number of pyridine rings is 2. The fourth-order valence-electron chi connectivity index (χ4n) is 3.08. The molecule has 0 fully saturated rings. The van der Waals surface area contributed by atoms with Crippen LogP contribution in [0.25, 0.3) is 10.9 Å². The highest BCUT2D eigenvalue weighted by Gasteiger charge is 2.08. The number of rotatable bonds is 9. The SMILES string of the molecule is COCCNc1ccncc1Nc1cnc(N)c(NCc2ccc3ncccc3c2)n1. The van der Waals surface area contributed by atoms with Gasteiger partial charge >= 0.3 is 0 Å². The van der Waals surface area contributed by atoms with Crippen LogP contribution in [0.4, 0.5) is 28.8 Å². The normalized spacial score (nSPS) is 10.7. The van der Waals surface area contributed by atoms with Gasteiger partial charge in [-0.2, -0.15) is 0 Å². The fraction of sp³-hybridized carbons (Fsp3) is 0.182. The second-order valence-corrected chi connectivity index (χ2v) is 6.84. The number of benzene rings is 1. The van der Waals surface area contributed by atoms with Crippen LogP contribution < -0.4 is 21.7 Å². The highest BCUT2D eigenvalue weighted by Crippen LogP contribution is 2.25. The number of ether oxygens (including phenoxy) is 1. The molecule has 158 valence electrons. The summed E-state index contributed by atoms with van der Waals surface area (Å²) in [6.07, 6.45) is 6.83. The Kier molecular flexibility index (Phi) is 6.34. The van der Waals surface area contributed by atoms with Crippen molar-refractivity contribution in [2.75, 3.05) is 41.9 Å². The minimum atomic E-state index is 0.331. The summed E-state index contributed by atoms with van der Waals surface area (Å²) in [6, 6.07) is 12.0. The molecule has 0 aliphatic heterocycles. The summed E-state index contributed by atoms with van der Waals surface area (Å²) in [7, 11) is 1.67. The van der Waals surface area contributed by atoms with E-state index in [1.807, 2.05) is 30.3 Å². The molecular formula is C22H24N8O. The van der Waals surface area contributed by atoms with Gasteiger partial charge in [-0.05, 0) is 29.8 Å². The lowest BCUT2D eigenvalue weighted by Crippen LogP contribution is -2.10. The molecule has 0 aliphatic carbocycles. The molecule has 0 aliphatic rings. The third kappa shape index (κ3) is 5.14. The third-order valence-electron chi connectivity index (χ3n) is 4.63. The maximum absolute atomic E-state index is 6.04. The first-order valence-corrected chi connectivity index (χ1v) is 9.87. The number of hydrogen-bond acceptors (Lipinski definition) is 9. The van der Waals surface area contributed by atoms with Gasteiger partial charge in [0.2, 0.25) is 0 Å². The predicted octanol–water partition coefficient (Wildman–Crippen LogP) is 3.42. The van der Waals surface area contributed by atoms with E-state index >= 15 is 0 Å². The summed E-state index contributed by atoms with van der Waals surface area (Å²) in [4.78, 5) is 17.4. The molecule has 0 saturated heterocycles. The number of anilines is 5. The van der Waals surface area contributed by atoms with E-state index in [1.54, 1.807) is 31.9 Å². The van der Waals surface area contributed by atoms with Gasteiger partial charge in [0.25, 0.3) is 0 Å². The first-order valence-electron chi connectivity index (χ1n) is 9.87. The zero-order valence-electron chi connectivity index (χ0n) is 17.2. The molecule has 0 unspecified atom stereocenters. The van der Waals surface area contributed by atoms with E-state index in [2.05, 4.69) is 42.0 Å². The molecule has 31 heavy (non-hydrogen) atoms. The quantitative estimate of drug-likeness (QED) is 0.304. The van der Waals surface area contributed by atoms with Crippen molar-refractivity contribution < 1.29 is 4.74 Å². The molecule has 3 aromatic heterocycles. The van der Waals surface area contributed by atoms with Crippen LogP contribution >= 0.6 is 0 Å². The molecule has 0 amide bonds. The fourth-order valence-corrected chi connectivity index (χ4v) is 3.08. The van der Waals surface area contributed by atoms with Gasteiger partial charge in [-0.1, -0.05) is 12.1 Å². The lowest BCUT2D eigenvalue weighted by molar-refractivity contribution is 0.211. The monoisotopic (exact) mass is 416 g/mol. The van der Waals surface area contributed by atoms with Gasteiger partial charge in [0.1, 0.15) is 0 Å². The van der Waals surface area contributed by atoms with Crippen LogP contribution in [0.2, 0.25) is 0 Å². The Morgan fingerprint density at radius 3 is 2.84 bits per heavy atom. The van der Waals surface area contributed by atoms with E-state index in [0.29, 0.717) is 37.1 Å². The molecule has 0 bridgehead atoms. The smallest absolute Gasteiger partial charge is 0.171 e. The second-order valence-electron chi connectivity index (χ2n) is 6.84. The number of nitrogens with two attached hydrogens (primary N) is 1. The van der Waals surface area contributed by atoms with Crippen LogP contribution in [0.15, 0.2) is 61.2 Å². The summed E-state index contributed by atoms with van der Waals surface area (Å²) in [5, 5.41) is 10.9. The molecule has 1 aromatic carbocycles. The summed E-state index contributed by atoms with van der Waals surface area (Å²) in [5.74, 6) is 1.40. The minimum Gasteiger partial charge on any atom is -0.383 e. The van der Waals surface area contributed by atoms with Crippen molar-refractivity contribution in [1.82, 2.24) is 19.9 Å². The van der Waals surface area contributed by atoms with Gasteiger partial charge in [0.05, 0.1) is 35.9 Å². The van der Waals surface area contributed by atoms with Crippen molar-refractivity contribution in [3.05, 3.63) is 66.7 Å². The lowest BCUT2D eigenvalue weighted by atomic mass is 10.1. The first-order chi connectivity index (χ1) is 15.2. The van der Waals surface area contributed by atoms with Crippen molar-refractivity contribution in [2.24, 2.45) is 0 Å². The third-order valence-corrected chi connectivity index (χ3v) is 4.63. The van der Waals surface area contributed by atoms with Gasteiger partial charge < -0.3 is 26.4 Å². The highest BCUT2D eigenvalue weighted by atomic mass is 16.5. The van der Waals surface area contributed by atoms with E-state index in [9.17, 15) is 0 Å². The Balaban J connectivity index is 1.47. The van der Waals surface area contributed by atoms with Crippen LogP contribution in [0.3, 0.4) is 0 Å². The molecule has 0 spiro atoms. The van der Waals surface area contributed by atoms with Crippen molar-refractivity contribution in [2.45, 2.75) is 6.54 Å². The zero-order chi connectivity index (χ0) is 21.5. The molecule has 4 rings (SSSR count). The average Bonchev–Trinajstić information content (AvgIpc) is 2.80. The van der Waals surface area contributed by atoms with Gasteiger partial charge in [-0.15, -0.1) is 0 Å². The van der Waals surface area contributed by atoms with Gasteiger partial charge in [0, 0.05) is 38.0 Å². The molecule has 0 atom stereocenters. The number of aromatic nitrogens is 4. The summed E-state index contributed by atoms with van der Waals surface area (Å²) in [6.45, 7) is 1.84. The van der Waals surface area contributed by atoms with Gasteiger partial charge in [0.15, 0.2) is 17.5 Å². The van der Waals surface area contributed by atoms with Gasteiger partial charge in [-0.25, -0.2) is 9.97 Å². The van der Waals surface area contributed by atoms with E-state index in [0.717, 1.165) is 27.8 Å². The number of nitrogens with zero attached hydrogens (tertiary/aromatic N) is 4. The molecule has 9 heteroatoms. The van der Waals surface area contributed by atoms with Crippen LogP contribution in [-0.2, 0) is 11.3 Å². The average molecular weight is 416 g/mol. The predicted molar refractivity (Wildman–Crippen MR) is 123 cm³/mol. The van der Waals surface area contributed by atoms with E-state index in [-0.39, 0.29) is 0 Å². The number of hydrogen-bond donors (Lipinski definition) is 4. The second kappa shape index (κ2) is 9.68. The van der Waals surface area contributed by atoms with Crippen molar-refractivity contribution in [3.8, 4) is 0 Å². The van der Waals surface area contributed by atoms with Crippen LogP contribution in [0.1, 0.15) is 5.56 Å². The Labute approximate surface area is 180 Å². The van der Waals surface area contributed by atoms with Gasteiger partial charge in [-0.3, -0.25) is 9.97 Å². The molecule has 0 radical (unpaired) electrons. The molecule has 0 saturated carbocycles. The molecule has 3 heterocycles. The topological polar surface area (TPSA) is 123 Å². The summed E-state index contributed by atoms with van der Waals surface area (Å²) < 4.78 is 5.09. The van der Waals surface area contributed by atoms with Crippen LogP contribution in [0, 0.1) is 0 Å². The Hall–Kier alpha value is -3.98. The maximum Gasteiger partial charge on any atom is 0.171 e. The first kappa shape index (κ1) is 20.3. The lowest BCUT2D eigenvalue weighted by Gasteiger charge is -2.14. The highest BCUT2D eigenvalue weighted by molar-refractivity contribution is 5.79. The zero-order valence-corrected chi connectivity index (χ0v) is 17.2. The molecular weight excluding hydrogens is 392 g/mol. The van der Waals surface area contributed by atoms with Crippen molar-refractivity contribution in [1.29, 1.82) is 0 Å². The molecule has 4 aromatic rings. The standard InChI is InChI=1S/C22H24N8O/c1-31-10-9-26-18-6-8-24-13-19(18)29-20-14-27-21(23)22(30-20)28-12-15-4-5-17-16(11-15)3-2-7-25-17/h2-8,11,13-14H,9-10,12H2,1H3,(H2,23,27)(H,24,26)(H2,28,29,30). The molecule has 9 nitrogen and oxygen atoms in total. The number of nitrogens with one attached hydrogen (secondary N) is 3. The van der Waals surface area contributed by atoms with E-state index in [4.69, 9.17) is 10.5 Å². The largest absolute Gasteiger partial charge is 0.383 e. The van der Waals surface area contributed by atoms with E-state index in [1.165, 1.54) is 0 Å². The van der Waals surface area contributed by atoms with Crippen molar-refractivity contribution in [3.63, 3.8) is 0 Å². The number of fused-ring (bicyclic) bond motifs is 1. The Morgan fingerprint density at radius 2 is 1.94 bits per heavy atom. The number of nitrogen functional groups attached to an aromatic ring is 1. The Morgan fingerprint density at radius 1 is 1.00 bits per heavy atom. The summed E-state index contributed by atoms with van der Waals surface area (Å²) in [5.41, 5.74) is 9.77. The molecule has 5 N–H and O–H groups in total. The minimum absolute atomic E-state index is 0.331. The van der Waals surface area contributed by atoms with E-state index < -0.39 is 0 Å². The van der Waals surface area contributed by atoms with Crippen molar-refractivity contribution >= 4 is 39.7 Å². The number of methoxy groups -OCH3 is 1. The Bertz CT molecular complexity index is 1170. The van der Waals surface area contributed by atoms with Crippen LogP contribution in [0.5, 0.6) is 0 Å². The summed E-state index contributed by atoms with van der Waals surface area (Å²) >= 11 is 0.